The van der Waals surface area contributed by atoms with Crippen molar-refractivity contribution in [2.24, 2.45) is 0 Å². The van der Waals surface area contributed by atoms with Gasteiger partial charge in [0.15, 0.2) is 4.47 Å². The Bertz CT molecular complexity index is 691. The third kappa shape index (κ3) is 2.29. The summed E-state index contributed by atoms with van der Waals surface area (Å²) >= 11 is 13.4. The lowest BCUT2D eigenvalue weighted by atomic mass is 10.2. The maximum atomic E-state index is 6.19. The molecule has 1 aromatic carbocycles. The van der Waals surface area contributed by atoms with Gasteiger partial charge in [0.1, 0.15) is 0 Å². The fourth-order valence-electron chi connectivity index (χ4n) is 1.65. The van der Waals surface area contributed by atoms with E-state index in [2.05, 4.69) is 20.5 Å². The Morgan fingerprint density at radius 2 is 2.17 bits per heavy atom. The van der Waals surface area contributed by atoms with Crippen LogP contribution in [-0.4, -0.2) is 15.2 Å². The maximum Gasteiger partial charge on any atom is 0.183 e. The Kier molecular flexibility index (Phi) is 3.11. The van der Waals surface area contributed by atoms with E-state index in [1.54, 1.807) is 12.4 Å². The van der Waals surface area contributed by atoms with Crippen LogP contribution in [0, 0.1) is 0 Å². The average molecular weight is 299 g/mol. The second-order valence-corrected chi connectivity index (χ2v) is 5.83. The van der Waals surface area contributed by atoms with E-state index < -0.39 is 0 Å². The van der Waals surface area contributed by atoms with E-state index in [0.717, 1.165) is 21.5 Å². The molecule has 0 amide bonds. The Morgan fingerprint density at radius 1 is 1.28 bits per heavy atom. The number of hydrogen-bond donors (Lipinski definition) is 2. The van der Waals surface area contributed by atoms with Gasteiger partial charge in [-0.3, -0.25) is 5.10 Å². The zero-order valence-corrected chi connectivity index (χ0v) is 11.4. The summed E-state index contributed by atoms with van der Waals surface area (Å²) in [5.41, 5.74) is 1.81. The molecule has 3 aromatic rings. The first-order valence-electron chi connectivity index (χ1n) is 5.19. The number of aromatic amines is 1. The maximum absolute atomic E-state index is 6.19. The molecule has 2 aromatic heterocycles. The Labute approximate surface area is 117 Å². The van der Waals surface area contributed by atoms with Crippen LogP contribution < -0.4 is 5.32 Å². The van der Waals surface area contributed by atoms with Crippen LogP contribution in [0.1, 0.15) is 4.88 Å². The summed E-state index contributed by atoms with van der Waals surface area (Å²) in [7, 11) is 0. The molecule has 0 unspecified atom stereocenters. The molecule has 0 radical (unpaired) electrons. The summed E-state index contributed by atoms with van der Waals surface area (Å²) in [5, 5.41) is 11.8. The largest absolute Gasteiger partial charge is 0.379 e. The van der Waals surface area contributed by atoms with E-state index >= 15 is 0 Å². The number of hydrogen-bond acceptors (Lipinski definition) is 4. The molecule has 4 nitrogen and oxygen atoms in total. The summed E-state index contributed by atoms with van der Waals surface area (Å²) in [6.45, 7) is 0.643. The second-order valence-electron chi connectivity index (χ2n) is 3.72. The molecule has 0 atom stereocenters. The summed E-state index contributed by atoms with van der Waals surface area (Å²) in [6, 6.07) is 3.82. The minimum Gasteiger partial charge on any atom is -0.379 e. The van der Waals surface area contributed by atoms with Crippen LogP contribution in [-0.2, 0) is 6.54 Å². The number of nitrogens with one attached hydrogen (secondary N) is 2. The standard InChI is InChI=1S/C11H8Cl2N4S/c12-8-1-6-3-16-17-9(6)2-10(8)14-4-7-5-15-11(13)18-7/h1-3,5,14H,4H2,(H,16,17). The molecule has 3 rings (SSSR count). The molecule has 7 heteroatoms. The fraction of sp³-hybridized carbons (Fsp3) is 0.0909. The molecule has 0 aliphatic heterocycles. The van der Waals surface area contributed by atoms with Crippen molar-refractivity contribution in [3.05, 3.63) is 38.9 Å². The summed E-state index contributed by atoms with van der Waals surface area (Å²) in [4.78, 5) is 5.04. The molecular formula is C11H8Cl2N4S. The van der Waals surface area contributed by atoms with Gasteiger partial charge in [-0.1, -0.05) is 23.2 Å². The SMILES string of the molecule is Clc1ncc(CNc2cc3[nH]ncc3cc2Cl)s1. The minimum absolute atomic E-state index is 0.543. The van der Waals surface area contributed by atoms with Crippen LogP contribution in [0.15, 0.2) is 24.5 Å². The normalized spacial score (nSPS) is 11.0. The van der Waals surface area contributed by atoms with Crippen molar-refractivity contribution >= 4 is 51.1 Å². The van der Waals surface area contributed by atoms with E-state index in [1.165, 1.54) is 11.3 Å². The number of benzene rings is 1. The minimum atomic E-state index is 0.543. The van der Waals surface area contributed by atoms with Gasteiger partial charge in [-0.05, 0) is 12.1 Å². The van der Waals surface area contributed by atoms with E-state index in [1.807, 2.05) is 12.1 Å². The predicted octanol–water partition coefficient (Wildman–Crippen LogP) is 3.94. The van der Waals surface area contributed by atoms with E-state index in [-0.39, 0.29) is 0 Å². The molecular weight excluding hydrogens is 291 g/mol. The topological polar surface area (TPSA) is 53.6 Å². The lowest BCUT2D eigenvalue weighted by molar-refractivity contribution is 1.12. The quantitative estimate of drug-likeness (QED) is 0.770. The number of nitrogens with zero attached hydrogens (tertiary/aromatic N) is 2. The molecule has 0 aliphatic carbocycles. The lowest BCUT2D eigenvalue weighted by Crippen LogP contribution is -1.98. The zero-order valence-electron chi connectivity index (χ0n) is 9.08. The van der Waals surface area contributed by atoms with Gasteiger partial charge in [0, 0.05) is 16.5 Å². The first kappa shape index (κ1) is 11.8. The van der Waals surface area contributed by atoms with E-state index in [4.69, 9.17) is 23.2 Å². The van der Waals surface area contributed by atoms with Crippen molar-refractivity contribution in [3.8, 4) is 0 Å². The third-order valence-corrected chi connectivity index (χ3v) is 3.93. The van der Waals surface area contributed by atoms with Crippen molar-refractivity contribution < 1.29 is 0 Å². The number of halogens is 2. The number of rotatable bonds is 3. The van der Waals surface area contributed by atoms with Gasteiger partial charge in [-0.15, -0.1) is 11.3 Å². The molecule has 0 fully saturated rings. The fourth-order valence-corrected chi connectivity index (χ4v) is 2.80. The molecule has 2 N–H and O–H groups in total. The van der Waals surface area contributed by atoms with Gasteiger partial charge < -0.3 is 5.32 Å². The average Bonchev–Trinajstić information content (AvgIpc) is 2.94. The number of thiazole rings is 1. The molecule has 0 saturated carbocycles. The van der Waals surface area contributed by atoms with Crippen molar-refractivity contribution in [3.63, 3.8) is 0 Å². The van der Waals surface area contributed by atoms with Crippen LogP contribution in [0.25, 0.3) is 10.9 Å². The smallest absolute Gasteiger partial charge is 0.183 e. The lowest BCUT2D eigenvalue weighted by Gasteiger charge is -2.06. The van der Waals surface area contributed by atoms with Gasteiger partial charge in [0.05, 0.1) is 29.0 Å². The number of H-pyrrole nitrogens is 1. The third-order valence-electron chi connectivity index (χ3n) is 2.51. The molecule has 2 heterocycles. The summed E-state index contributed by atoms with van der Waals surface area (Å²) in [6.07, 6.45) is 3.50. The molecule has 92 valence electrons. The van der Waals surface area contributed by atoms with E-state index in [0.29, 0.717) is 16.0 Å². The second kappa shape index (κ2) is 4.76. The van der Waals surface area contributed by atoms with E-state index in [9.17, 15) is 0 Å². The van der Waals surface area contributed by atoms with Gasteiger partial charge in [-0.25, -0.2) is 4.98 Å². The van der Waals surface area contributed by atoms with Gasteiger partial charge in [0.25, 0.3) is 0 Å². The molecule has 0 bridgehead atoms. The highest BCUT2D eigenvalue weighted by Crippen LogP contribution is 2.28. The molecule has 0 aliphatic rings. The van der Waals surface area contributed by atoms with Crippen LogP contribution in [0.2, 0.25) is 9.49 Å². The van der Waals surface area contributed by atoms with Crippen LogP contribution in [0.3, 0.4) is 0 Å². The van der Waals surface area contributed by atoms with Crippen molar-refractivity contribution in [2.75, 3.05) is 5.32 Å². The van der Waals surface area contributed by atoms with Crippen molar-refractivity contribution in [1.82, 2.24) is 15.2 Å². The molecule has 18 heavy (non-hydrogen) atoms. The summed E-state index contributed by atoms with van der Waals surface area (Å²) < 4.78 is 0.543. The molecule has 0 spiro atoms. The Balaban J connectivity index is 1.83. The van der Waals surface area contributed by atoms with Gasteiger partial charge >= 0.3 is 0 Å². The highest BCUT2D eigenvalue weighted by Gasteiger charge is 2.05. The Morgan fingerprint density at radius 3 is 2.94 bits per heavy atom. The van der Waals surface area contributed by atoms with Crippen LogP contribution in [0.4, 0.5) is 5.69 Å². The van der Waals surface area contributed by atoms with Crippen molar-refractivity contribution in [2.45, 2.75) is 6.54 Å². The first-order chi connectivity index (χ1) is 8.72. The monoisotopic (exact) mass is 298 g/mol. The summed E-state index contributed by atoms with van der Waals surface area (Å²) in [5.74, 6) is 0. The predicted molar refractivity (Wildman–Crippen MR) is 75.6 cm³/mol. The highest BCUT2D eigenvalue weighted by atomic mass is 35.5. The van der Waals surface area contributed by atoms with Crippen molar-refractivity contribution in [1.29, 1.82) is 0 Å². The van der Waals surface area contributed by atoms with Gasteiger partial charge in [-0.2, -0.15) is 5.10 Å². The molecule has 0 saturated heterocycles. The van der Waals surface area contributed by atoms with Gasteiger partial charge in [0.2, 0.25) is 0 Å². The highest BCUT2D eigenvalue weighted by molar-refractivity contribution is 7.15. The van der Waals surface area contributed by atoms with Crippen LogP contribution >= 0.6 is 34.5 Å². The zero-order chi connectivity index (χ0) is 12.5. The Hall–Kier alpha value is -1.30. The first-order valence-corrected chi connectivity index (χ1v) is 6.76. The number of fused-ring (bicyclic) bond motifs is 1. The number of aromatic nitrogens is 3. The van der Waals surface area contributed by atoms with Crippen LogP contribution in [0.5, 0.6) is 0 Å². The number of anilines is 1.